The number of fused-ring (bicyclic) bond motifs is 4. The zero-order valence-electron chi connectivity index (χ0n) is 36.6. The third kappa shape index (κ3) is 7.66. The monoisotopic (exact) mass is 812 g/mol. The molecule has 2 fully saturated rings. The molecule has 2 aliphatic heterocycles. The van der Waals surface area contributed by atoms with Crippen molar-refractivity contribution in [3.8, 4) is 0 Å². The molecule has 60 heavy (non-hydrogen) atoms. The van der Waals surface area contributed by atoms with Crippen molar-refractivity contribution in [3.05, 3.63) is 94.8 Å². The van der Waals surface area contributed by atoms with Crippen LogP contribution in [0, 0.1) is 51.4 Å². The second-order valence-electron chi connectivity index (χ2n) is 17.1. The normalized spacial score (nSPS) is 24.0. The second kappa shape index (κ2) is 16.8. The smallest absolute Gasteiger partial charge is 0.237 e. The summed E-state index contributed by atoms with van der Waals surface area (Å²) in [6.45, 7) is 23.2. The fourth-order valence-electron chi connectivity index (χ4n) is 9.08. The number of hydrogen-bond donors (Lipinski definition) is 3. The minimum Gasteiger partial charge on any atom is -0.368 e. The summed E-state index contributed by atoms with van der Waals surface area (Å²) in [6.07, 6.45) is 9.78. The molecule has 0 radical (unpaired) electrons. The van der Waals surface area contributed by atoms with Gasteiger partial charge in [-0.15, -0.1) is 0 Å². The first-order valence-electron chi connectivity index (χ1n) is 21.5. The molecule has 2 aliphatic rings. The zero-order chi connectivity index (χ0) is 42.4. The Morgan fingerprint density at radius 3 is 1.73 bits per heavy atom. The van der Waals surface area contributed by atoms with E-state index in [0.29, 0.717) is 59.5 Å². The van der Waals surface area contributed by atoms with E-state index in [4.69, 9.17) is 25.2 Å². The average Bonchev–Trinajstić information content (AvgIpc) is 4.06. The van der Waals surface area contributed by atoms with Crippen LogP contribution in [-0.2, 0) is 22.6 Å². The van der Waals surface area contributed by atoms with Crippen molar-refractivity contribution in [1.82, 2.24) is 43.4 Å². The first kappa shape index (κ1) is 41.1. The summed E-state index contributed by atoms with van der Waals surface area (Å²) in [4.78, 5) is 27.5. The Balaban J connectivity index is 0.000000167. The van der Waals surface area contributed by atoms with Crippen LogP contribution in [0.3, 0.4) is 0 Å². The molecule has 14 heteroatoms. The van der Waals surface area contributed by atoms with Crippen LogP contribution in [-0.4, -0.2) is 55.6 Å². The highest BCUT2D eigenvalue weighted by molar-refractivity contribution is 5.86. The van der Waals surface area contributed by atoms with Crippen molar-refractivity contribution < 1.29 is 9.47 Å². The molecule has 2 saturated heterocycles. The number of ether oxygens (including phenoxy) is 2. The van der Waals surface area contributed by atoms with E-state index in [1.165, 1.54) is 33.4 Å². The number of nitrogens with zero attached hydrogens (tertiary/aromatic N) is 9. The van der Waals surface area contributed by atoms with Crippen molar-refractivity contribution in [2.24, 2.45) is 23.7 Å². The molecule has 0 saturated carbocycles. The third-order valence-corrected chi connectivity index (χ3v) is 13.1. The van der Waals surface area contributed by atoms with Gasteiger partial charge in [0.2, 0.25) is 11.7 Å². The maximum atomic E-state index is 6.46. The predicted molar refractivity (Wildman–Crippen MR) is 238 cm³/mol. The topological polar surface area (TPSA) is 160 Å². The molecule has 0 amide bonds. The summed E-state index contributed by atoms with van der Waals surface area (Å²) in [5, 5.41) is 6.91. The van der Waals surface area contributed by atoms with Crippen molar-refractivity contribution in [2.45, 2.75) is 120 Å². The van der Waals surface area contributed by atoms with E-state index in [9.17, 15) is 0 Å². The first-order valence-corrected chi connectivity index (χ1v) is 21.5. The minimum atomic E-state index is -0.0959. The van der Waals surface area contributed by atoms with Crippen LogP contribution in [0.15, 0.2) is 61.4 Å². The maximum absolute atomic E-state index is 6.46. The van der Waals surface area contributed by atoms with E-state index in [-0.39, 0.29) is 30.6 Å². The first-order chi connectivity index (χ1) is 28.9. The Morgan fingerprint density at radius 1 is 0.650 bits per heavy atom. The lowest BCUT2D eigenvalue weighted by atomic mass is 9.91. The number of anilines is 3. The summed E-state index contributed by atoms with van der Waals surface area (Å²) in [5.41, 5.74) is 16.8. The highest BCUT2D eigenvalue weighted by atomic mass is 16.5. The predicted octanol–water partition coefficient (Wildman–Crippen LogP) is 9.10. The highest BCUT2D eigenvalue weighted by Gasteiger charge is 2.41. The number of nitrogen functional groups attached to an aromatic ring is 1. The number of aryl methyl sites for hydroxylation is 4. The largest absolute Gasteiger partial charge is 0.368 e. The average molecular weight is 813 g/mol. The van der Waals surface area contributed by atoms with E-state index in [0.717, 1.165) is 29.8 Å². The number of nitrogens with two attached hydrogens (primary N) is 1. The van der Waals surface area contributed by atoms with Gasteiger partial charge in [-0.05, 0) is 74.6 Å². The molecule has 7 heterocycles. The van der Waals surface area contributed by atoms with Crippen molar-refractivity contribution in [3.63, 3.8) is 0 Å². The van der Waals surface area contributed by atoms with Gasteiger partial charge in [-0.3, -0.25) is 13.5 Å². The SMILES string of the molecule is CCC1OC(n2cnc3c(NCc4ccc(C)cc4C)nc(N)nc32)C(C)C1C.CCC1OC(n2cnc3c(NCc4ccc(C)cc4C)nc4nccn4c32)C(C)C1C. The van der Waals surface area contributed by atoms with Crippen LogP contribution in [0.5, 0.6) is 0 Å². The van der Waals surface area contributed by atoms with Crippen LogP contribution >= 0.6 is 0 Å². The molecule has 7 aromatic rings. The highest BCUT2D eigenvalue weighted by Crippen LogP contribution is 2.43. The second-order valence-corrected chi connectivity index (χ2v) is 17.1. The maximum Gasteiger partial charge on any atom is 0.237 e. The van der Waals surface area contributed by atoms with E-state index < -0.39 is 0 Å². The molecule has 5 aromatic heterocycles. The van der Waals surface area contributed by atoms with Crippen molar-refractivity contribution >= 4 is 45.7 Å². The number of benzene rings is 2. The number of aromatic nitrogens is 9. The molecule has 0 spiro atoms. The lowest BCUT2D eigenvalue weighted by molar-refractivity contribution is -0.0121. The van der Waals surface area contributed by atoms with Crippen molar-refractivity contribution in [2.75, 3.05) is 16.4 Å². The molecule has 4 N–H and O–H groups in total. The standard InChI is InChI=1S/C24H30N6O.C22H30N6O/c1-6-19-16(4)17(5)23(31-19)30-13-27-20-21(28-24-25-9-10-29(24)22(20)30)26-12-18-8-7-14(2)11-15(18)3;1-6-17-14(4)15(5)21(29-17)28-11-25-18-19(26-22(23)27-20(18)28)24-10-16-8-7-12(2)9-13(16)3/h7-11,13,16-17,19,23H,6,12H2,1-5H3,(H,25,26,28);7-9,11,14-15,17,21H,6,10H2,1-5H3,(H3,23,24,26,27). The molecular weight excluding hydrogens is 753 g/mol. The molecule has 2 aromatic carbocycles. The van der Waals surface area contributed by atoms with Gasteiger partial charge in [0.05, 0.1) is 24.9 Å². The van der Waals surface area contributed by atoms with Crippen LogP contribution in [0.4, 0.5) is 17.6 Å². The lowest BCUT2D eigenvalue weighted by Gasteiger charge is -2.19. The van der Waals surface area contributed by atoms with Gasteiger partial charge >= 0.3 is 0 Å². The molecule has 8 unspecified atom stereocenters. The van der Waals surface area contributed by atoms with Gasteiger partial charge < -0.3 is 25.8 Å². The Morgan fingerprint density at radius 2 is 1.18 bits per heavy atom. The summed E-state index contributed by atoms with van der Waals surface area (Å²) in [6, 6.07) is 13.0. The number of nitrogens with one attached hydrogen (secondary N) is 2. The lowest BCUT2D eigenvalue weighted by Crippen LogP contribution is -2.16. The molecule has 0 bridgehead atoms. The number of imidazole rings is 3. The minimum absolute atomic E-state index is 0.0508. The quantitative estimate of drug-likeness (QED) is 0.121. The summed E-state index contributed by atoms with van der Waals surface area (Å²) in [5.74, 6) is 4.01. The van der Waals surface area contributed by atoms with Crippen LogP contribution in [0.2, 0.25) is 0 Å². The Hall–Kier alpha value is -5.60. The molecule has 14 nitrogen and oxygen atoms in total. The molecule has 8 atom stereocenters. The Bertz CT molecular complexity index is 2630. The van der Waals surface area contributed by atoms with Gasteiger partial charge in [0.25, 0.3) is 0 Å². The van der Waals surface area contributed by atoms with E-state index in [1.54, 1.807) is 12.5 Å². The fourth-order valence-corrected chi connectivity index (χ4v) is 9.08. The van der Waals surface area contributed by atoms with E-state index in [1.807, 2.05) is 21.5 Å². The van der Waals surface area contributed by atoms with Gasteiger partial charge in [0.1, 0.15) is 18.0 Å². The van der Waals surface area contributed by atoms with Crippen LogP contribution in [0.25, 0.3) is 28.1 Å². The Kier molecular flexibility index (Phi) is 11.5. The van der Waals surface area contributed by atoms with Crippen molar-refractivity contribution in [1.29, 1.82) is 0 Å². The van der Waals surface area contributed by atoms with E-state index >= 15 is 0 Å². The van der Waals surface area contributed by atoms with Gasteiger partial charge in [-0.25, -0.2) is 15.0 Å². The van der Waals surface area contributed by atoms with Crippen LogP contribution in [0.1, 0.15) is 100 Å². The van der Waals surface area contributed by atoms with Gasteiger partial charge in [-0.1, -0.05) is 89.1 Å². The summed E-state index contributed by atoms with van der Waals surface area (Å²) >= 11 is 0. The summed E-state index contributed by atoms with van der Waals surface area (Å²) < 4.78 is 19.0. The summed E-state index contributed by atoms with van der Waals surface area (Å²) in [7, 11) is 0. The zero-order valence-corrected chi connectivity index (χ0v) is 36.6. The Labute approximate surface area is 352 Å². The number of hydrogen-bond acceptors (Lipinski definition) is 11. The molecule has 9 rings (SSSR count). The fraction of sp³-hybridized carbons (Fsp3) is 0.478. The van der Waals surface area contributed by atoms with Gasteiger partial charge in [-0.2, -0.15) is 15.0 Å². The van der Waals surface area contributed by atoms with Gasteiger partial charge in [0, 0.05) is 37.3 Å². The molecule has 0 aliphatic carbocycles. The molecule has 316 valence electrons. The van der Waals surface area contributed by atoms with Crippen LogP contribution < -0.4 is 16.4 Å². The number of rotatable bonds is 10. The van der Waals surface area contributed by atoms with E-state index in [2.05, 4.69) is 141 Å². The van der Waals surface area contributed by atoms with Gasteiger partial charge in [0.15, 0.2) is 28.4 Å². The molecular formula is C46H60N12O2. The third-order valence-electron chi connectivity index (χ3n) is 13.1.